The molecule has 0 N–H and O–H groups in total. The van der Waals surface area contributed by atoms with Gasteiger partial charge in [-0.2, -0.15) is 0 Å². The molecule has 3 rings (SSSR count). The lowest BCUT2D eigenvalue weighted by molar-refractivity contribution is 0.791. The number of unbranched alkanes of at least 4 members (excludes halogenated alkanes) is 1. The summed E-state index contributed by atoms with van der Waals surface area (Å²) in [5.41, 5.74) is 3.96. The van der Waals surface area contributed by atoms with E-state index in [1.807, 2.05) is 6.07 Å². The first-order valence-electron chi connectivity index (χ1n) is 7.65. The van der Waals surface area contributed by atoms with Gasteiger partial charge in [-0.15, -0.1) is 0 Å². The summed E-state index contributed by atoms with van der Waals surface area (Å²) in [4.78, 5) is 0. The molecule has 0 spiro atoms. The van der Waals surface area contributed by atoms with Gasteiger partial charge in [0.25, 0.3) is 0 Å². The predicted molar refractivity (Wildman–Crippen MR) is 99.2 cm³/mol. The number of nitrogens with zero attached hydrogens (tertiary/aromatic N) is 1. The fraction of sp³-hybridized carbons (Fsp3) is 0.263. The molecular weight excluding hydrogens is 358 g/mol. The van der Waals surface area contributed by atoms with Crippen LogP contribution in [-0.4, -0.2) is 9.90 Å². The van der Waals surface area contributed by atoms with Gasteiger partial charge in [0.1, 0.15) is 0 Å². The summed E-state index contributed by atoms with van der Waals surface area (Å²) in [6.07, 6.45) is 5.82. The van der Waals surface area contributed by atoms with Gasteiger partial charge in [-0.1, -0.05) is 63.9 Å². The maximum atomic E-state index is 6.21. The van der Waals surface area contributed by atoms with Gasteiger partial charge >= 0.3 is 0 Å². The Labute approximate surface area is 145 Å². The molecule has 22 heavy (non-hydrogen) atoms. The van der Waals surface area contributed by atoms with Gasteiger partial charge in [-0.25, -0.2) is 0 Å². The van der Waals surface area contributed by atoms with Crippen molar-refractivity contribution in [3.05, 3.63) is 70.9 Å². The van der Waals surface area contributed by atoms with Gasteiger partial charge in [0.2, 0.25) is 0 Å². The first-order valence-corrected chi connectivity index (χ1v) is 9.15. The standard InChI is InChI=1S/C19H19BrClN/c20-11-5-4-8-16-14-22(13-15-6-2-1-3-7-15)19-12-17(21)9-10-18(16)19/h1-3,6-7,9-10,12,14H,4-5,8,11,13H2. The average Bonchev–Trinajstić information content (AvgIpc) is 2.86. The molecular formula is C19H19BrClN. The van der Waals surface area contributed by atoms with Crippen molar-refractivity contribution in [1.82, 2.24) is 4.57 Å². The highest BCUT2D eigenvalue weighted by atomic mass is 79.9. The number of hydrogen-bond acceptors (Lipinski definition) is 0. The van der Waals surface area contributed by atoms with E-state index in [0.29, 0.717) is 0 Å². The van der Waals surface area contributed by atoms with Crippen LogP contribution < -0.4 is 0 Å². The lowest BCUT2D eigenvalue weighted by atomic mass is 10.1. The van der Waals surface area contributed by atoms with Gasteiger partial charge in [-0.3, -0.25) is 0 Å². The van der Waals surface area contributed by atoms with Crippen LogP contribution >= 0.6 is 27.5 Å². The van der Waals surface area contributed by atoms with Crippen molar-refractivity contribution < 1.29 is 0 Å². The summed E-state index contributed by atoms with van der Waals surface area (Å²) in [7, 11) is 0. The van der Waals surface area contributed by atoms with Crippen molar-refractivity contribution in [2.75, 3.05) is 5.33 Å². The minimum absolute atomic E-state index is 0.798. The molecule has 0 radical (unpaired) electrons. The molecule has 3 aromatic rings. The van der Waals surface area contributed by atoms with Crippen molar-refractivity contribution in [1.29, 1.82) is 0 Å². The van der Waals surface area contributed by atoms with Crippen molar-refractivity contribution in [2.45, 2.75) is 25.8 Å². The first-order chi connectivity index (χ1) is 10.8. The van der Waals surface area contributed by atoms with Crippen LogP contribution in [0.1, 0.15) is 24.0 Å². The number of alkyl halides is 1. The fourth-order valence-corrected chi connectivity index (χ4v) is 3.42. The molecule has 0 aliphatic rings. The molecule has 1 heterocycles. The van der Waals surface area contributed by atoms with E-state index < -0.39 is 0 Å². The third-order valence-corrected chi connectivity index (χ3v) is 4.75. The Morgan fingerprint density at radius 2 is 1.82 bits per heavy atom. The molecule has 3 heteroatoms. The minimum atomic E-state index is 0.798. The Morgan fingerprint density at radius 1 is 1.00 bits per heavy atom. The van der Waals surface area contributed by atoms with Gasteiger partial charge in [0.15, 0.2) is 0 Å². The van der Waals surface area contributed by atoms with E-state index in [1.54, 1.807) is 0 Å². The van der Waals surface area contributed by atoms with E-state index in [0.717, 1.165) is 23.3 Å². The highest BCUT2D eigenvalue weighted by Crippen LogP contribution is 2.27. The fourth-order valence-electron chi connectivity index (χ4n) is 2.86. The molecule has 0 aliphatic heterocycles. The van der Waals surface area contributed by atoms with E-state index in [-0.39, 0.29) is 0 Å². The summed E-state index contributed by atoms with van der Waals surface area (Å²) < 4.78 is 2.32. The Bertz CT molecular complexity index is 749. The second kappa shape index (κ2) is 7.34. The molecule has 0 amide bonds. The molecule has 1 nitrogen and oxygen atoms in total. The molecule has 0 bridgehead atoms. The normalized spacial score (nSPS) is 11.2. The van der Waals surface area contributed by atoms with E-state index >= 15 is 0 Å². The monoisotopic (exact) mass is 375 g/mol. The van der Waals surface area contributed by atoms with Gasteiger partial charge in [0, 0.05) is 28.5 Å². The number of benzene rings is 2. The lowest BCUT2D eigenvalue weighted by Gasteiger charge is -2.05. The maximum Gasteiger partial charge on any atom is 0.0501 e. The first kappa shape index (κ1) is 15.6. The Balaban J connectivity index is 1.96. The number of aromatic nitrogens is 1. The number of fused-ring (bicyclic) bond motifs is 1. The number of aryl methyl sites for hydroxylation is 1. The summed E-state index contributed by atoms with van der Waals surface area (Å²) in [6.45, 7) is 0.885. The number of hydrogen-bond donors (Lipinski definition) is 0. The number of halogens is 2. The second-order valence-electron chi connectivity index (χ2n) is 5.58. The van der Waals surface area contributed by atoms with Crippen LogP contribution in [0, 0.1) is 0 Å². The molecule has 114 valence electrons. The molecule has 0 fully saturated rings. The average molecular weight is 377 g/mol. The van der Waals surface area contributed by atoms with Crippen LogP contribution in [0.5, 0.6) is 0 Å². The zero-order chi connectivity index (χ0) is 15.4. The van der Waals surface area contributed by atoms with Crippen LogP contribution in [0.25, 0.3) is 10.9 Å². The van der Waals surface area contributed by atoms with E-state index in [9.17, 15) is 0 Å². The van der Waals surface area contributed by atoms with Crippen molar-refractivity contribution >= 4 is 38.4 Å². The Kier molecular flexibility index (Phi) is 5.22. The highest BCUT2D eigenvalue weighted by Gasteiger charge is 2.09. The summed E-state index contributed by atoms with van der Waals surface area (Å²) in [6, 6.07) is 16.8. The summed E-state index contributed by atoms with van der Waals surface area (Å²) in [5, 5.41) is 3.20. The van der Waals surface area contributed by atoms with Gasteiger partial charge < -0.3 is 4.57 Å². The molecule has 2 aromatic carbocycles. The molecule has 0 aliphatic carbocycles. The third-order valence-electron chi connectivity index (χ3n) is 3.95. The molecule has 0 saturated heterocycles. The Morgan fingerprint density at radius 3 is 2.59 bits per heavy atom. The molecule has 0 atom stereocenters. The van der Waals surface area contributed by atoms with Crippen LogP contribution in [-0.2, 0) is 13.0 Å². The third kappa shape index (κ3) is 3.56. The van der Waals surface area contributed by atoms with Crippen molar-refractivity contribution in [2.24, 2.45) is 0 Å². The van der Waals surface area contributed by atoms with Crippen molar-refractivity contribution in [3.8, 4) is 0 Å². The lowest BCUT2D eigenvalue weighted by Crippen LogP contribution is -1.97. The SMILES string of the molecule is Clc1ccc2c(CCCCBr)cn(Cc3ccccc3)c2c1. The minimum Gasteiger partial charge on any atom is -0.343 e. The van der Waals surface area contributed by atoms with E-state index in [2.05, 4.69) is 69.2 Å². The zero-order valence-electron chi connectivity index (χ0n) is 12.4. The van der Waals surface area contributed by atoms with Crippen molar-refractivity contribution in [3.63, 3.8) is 0 Å². The van der Waals surface area contributed by atoms with Crippen LogP contribution in [0.3, 0.4) is 0 Å². The van der Waals surface area contributed by atoms with Crippen LogP contribution in [0.4, 0.5) is 0 Å². The molecule has 0 saturated carbocycles. The summed E-state index contributed by atoms with van der Waals surface area (Å²) >= 11 is 9.72. The van der Waals surface area contributed by atoms with Crippen LogP contribution in [0.2, 0.25) is 5.02 Å². The maximum absolute atomic E-state index is 6.21. The second-order valence-corrected chi connectivity index (χ2v) is 6.80. The molecule has 0 unspecified atom stereocenters. The summed E-state index contributed by atoms with van der Waals surface area (Å²) in [5.74, 6) is 0. The van der Waals surface area contributed by atoms with Crippen LogP contribution in [0.15, 0.2) is 54.7 Å². The number of rotatable bonds is 6. The van der Waals surface area contributed by atoms with Gasteiger partial charge in [0.05, 0.1) is 5.52 Å². The Hall–Kier alpha value is -1.25. The van der Waals surface area contributed by atoms with Gasteiger partial charge in [-0.05, 0) is 42.5 Å². The van der Waals surface area contributed by atoms with E-state index in [1.165, 1.54) is 34.9 Å². The predicted octanol–water partition coefficient (Wildman–Crippen LogP) is 6.06. The zero-order valence-corrected chi connectivity index (χ0v) is 14.8. The smallest absolute Gasteiger partial charge is 0.0501 e. The quantitative estimate of drug-likeness (QED) is 0.364. The van der Waals surface area contributed by atoms with E-state index in [4.69, 9.17) is 11.6 Å². The largest absolute Gasteiger partial charge is 0.343 e. The topological polar surface area (TPSA) is 4.93 Å². The highest BCUT2D eigenvalue weighted by molar-refractivity contribution is 9.09. The molecule has 1 aromatic heterocycles.